The highest BCUT2D eigenvalue weighted by atomic mass is 16.5. The molecule has 1 atom stereocenters. The van der Waals surface area contributed by atoms with E-state index >= 15 is 0 Å². The van der Waals surface area contributed by atoms with Crippen molar-refractivity contribution in [2.45, 2.75) is 20.3 Å². The van der Waals surface area contributed by atoms with Crippen LogP contribution >= 0.6 is 0 Å². The minimum absolute atomic E-state index is 0.0532. The molecule has 0 aromatic rings. The van der Waals surface area contributed by atoms with Crippen LogP contribution in [0.2, 0.25) is 0 Å². The van der Waals surface area contributed by atoms with Gasteiger partial charge in [0.1, 0.15) is 6.29 Å². The van der Waals surface area contributed by atoms with E-state index < -0.39 is 5.91 Å². The fraction of sp³-hybridized carbons (Fsp3) is 0.714. The van der Waals surface area contributed by atoms with Gasteiger partial charge in [-0.2, -0.15) is 0 Å². The van der Waals surface area contributed by atoms with Gasteiger partial charge in [0, 0.05) is 12.3 Å². The molecule has 0 radical (unpaired) electrons. The molecule has 0 saturated carbocycles. The number of hydrogen-bond donors (Lipinski definition) is 2. The van der Waals surface area contributed by atoms with Crippen LogP contribution in [-0.2, 0) is 9.59 Å². The molecule has 0 spiro atoms. The highest BCUT2D eigenvalue weighted by molar-refractivity contribution is 5.77. The van der Waals surface area contributed by atoms with Crippen molar-refractivity contribution in [3.63, 3.8) is 0 Å². The minimum Gasteiger partial charge on any atom is -0.303 e. The van der Waals surface area contributed by atoms with Crippen LogP contribution in [0.3, 0.4) is 0 Å². The number of amides is 1. The second kappa shape index (κ2) is 4.85. The molecule has 1 amide bonds. The lowest BCUT2D eigenvalue weighted by molar-refractivity contribution is -0.132. The van der Waals surface area contributed by atoms with E-state index in [0.29, 0.717) is 0 Å². The number of carbonyl (C=O) groups excluding carboxylic acids is 2. The summed E-state index contributed by atoms with van der Waals surface area (Å²) in [5, 5.41) is 8.15. The average Bonchev–Trinajstić information content (AvgIpc) is 1.99. The van der Waals surface area contributed by atoms with Gasteiger partial charge < -0.3 is 4.79 Å². The highest BCUT2D eigenvalue weighted by Crippen LogP contribution is 2.11. The highest BCUT2D eigenvalue weighted by Gasteiger charge is 2.15. The van der Waals surface area contributed by atoms with Gasteiger partial charge in [-0.3, -0.25) is 10.0 Å². The van der Waals surface area contributed by atoms with Crippen molar-refractivity contribution >= 4 is 12.2 Å². The van der Waals surface area contributed by atoms with E-state index in [4.69, 9.17) is 5.21 Å². The van der Waals surface area contributed by atoms with Gasteiger partial charge in [-0.15, -0.1) is 0 Å². The lowest BCUT2D eigenvalue weighted by Crippen LogP contribution is -2.24. The van der Waals surface area contributed by atoms with E-state index in [1.165, 1.54) is 5.48 Å². The molecule has 0 aliphatic carbocycles. The van der Waals surface area contributed by atoms with E-state index in [9.17, 15) is 9.59 Å². The molecule has 0 rings (SSSR count). The van der Waals surface area contributed by atoms with Crippen molar-refractivity contribution in [3.05, 3.63) is 0 Å². The molecule has 64 valence electrons. The molecule has 0 aliphatic rings. The normalized spacial score (nSPS) is 12.7. The number of hydroxylamine groups is 1. The summed E-state index contributed by atoms with van der Waals surface area (Å²) in [6.07, 6.45) is 0.789. The standard InChI is InChI=1S/C7H13NO3/c1-5(2)6(4-9)3-7(10)8-11/h4-6,11H,3H2,1-2H3,(H,8,10). The molecule has 4 nitrogen and oxygen atoms in total. The largest absolute Gasteiger partial charge is 0.303 e. The summed E-state index contributed by atoms with van der Waals surface area (Å²) < 4.78 is 0. The fourth-order valence-corrected chi connectivity index (χ4v) is 0.701. The van der Waals surface area contributed by atoms with Crippen molar-refractivity contribution in [1.29, 1.82) is 0 Å². The maximum absolute atomic E-state index is 10.6. The van der Waals surface area contributed by atoms with Crippen LogP contribution in [0.25, 0.3) is 0 Å². The number of rotatable bonds is 4. The van der Waals surface area contributed by atoms with E-state index in [1.807, 2.05) is 13.8 Å². The lowest BCUT2D eigenvalue weighted by Gasteiger charge is -2.11. The Morgan fingerprint density at radius 1 is 1.64 bits per heavy atom. The Balaban J connectivity index is 3.87. The van der Waals surface area contributed by atoms with Crippen LogP contribution in [0, 0.1) is 11.8 Å². The van der Waals surface area contributed by atoms with Crippen LogP contribution in [0.1, 0.15) is 20.3 Å². The van der Waals surface area contributed by atoms with Crippen LogP contribution in [0.15, 0.2) is 0 Å². The Morgan fingerprint density at radius 3 is 2.45 bits per heavy atom. The van der Waals surface area contributed by atoms with Crippen molar-refractivity contribution < 1.29 is 14.8 Å². The SMILES string of the molecule is CC(C)C(C=O)CC(=O)NO. The third-order valence-corrected chi connectivity index (χ3v) is 1.58. The molecule has 0 aromatic heterocycles. The monoisotopic (exact) mass is 159 g/mol. The van der Waals surface area contributed by atoms with Gasteiger partial charge >= 0.3 is 0 Å². The van der Waals surface area contributed by atoms with E-state index in [2.05, 4.69) is 0 Å². The topological polar surface area (TPSA) is 66.4 Å². The van der Waals surface area contributed by atoms with E-state index in [0.717, 1.165) is 6.29 Å². The summed E-state index contributed by atoms with van der Waals surface area (Å²) in [6, 6.07) is 0. The van der Waals surface area contributed by atoms with Crippen molar-refractivity contribution in [2.24, 2.45) is 11.8 Å². The third kappa shape index (κ3) is 3.72. The summed E-state index contributed by atoms with van der Waals surface area (Å²) in [4.78, 5) is 20.9. The Morgan fingerprint density at radius 2 is 2.18 bits per heavy atom. The van der Waals surface area contributed by atoms with Gasteiger partial charge in [-0.25, -0.2) is 5.48 Å². The number of carbonyl (C=O) groups is 2. The Labute approximate surface area is 65.6 Å². The molecule has 4 heteroatoms. The van der Waals surface area contributed by atoms with Gasteiger partial charge in [-0.1, -0.05) is 13.8 Å². The number of aldehydes is 1. The quantitative estimate of drug-likeness (QED) is 0.353. The average molecular weight is 159 g/mol. The van der Waals surface area contributed by atoms with Gasteiger partial charge in [0.15, 0.2) is 0 Å². The first-order chi connectivity index (χ1) is 5.11. The second-order valence-electron chi connectivity index (χ2n) is 2.78. The molecule has 0 aromatic carbocycles. The van der Waals surface area contributed by atoms with Gasteiger partial charge in [0.25, 0.3) is 0 Å². The molecule has 1 unspecified atom stereocenters. The van der Waals surface area contributed by atoms with Crippen molar-refractivity contribution in [3.8, 4) is 0 Å². The maximum Gasteiger partial charge on any atom is 0.244 e. The van der Waals surface area contributed by atoms with Gasteiger partial charge in [-0.05, 0) is 5.92 Å². The number of hydrogen-bond acceptors (Lipinski definition) is 3. The Bertz CT molecular complexity index is 145. The minimum atomic E-state index is -0.518. The lowest BCUT2D eigenvalue weighted by atomic mass is 9.94. The van der Waals surface area contributed by atoms with Gasteiger partial charge in [0.05, 0.1) is 0 Å². The molecule has 0 aliphatic heterocycles. The fourth-order valence-electron chi connectivity index (χ4n) is 0.701. The summed E-state index contributed by atoms with van der Waals surface area (Å²) in [5.41, 5.74) is 1.49. The molecule has 0 bridgehead atoms. The smallest absolute Gasteiger partial charge is 0.244 e. The molecule has 11 heavy (non-hydrogen) atoms. The molecular weight excluding hydrogens is 146 g/mol. The van der Waals surface area contributed by atoms with Crippen molar-refractivity contribution in [2.75, 3.05) is 0 Å². The molecule has 0 heterocycles. The van der Waals surface area contributed by atoms with Crippen LogP contribution in [0.4, 0.5) is 0 Å². The summed E-state index contributed by atoms with van der Waals surface area (Å²) in [5.74, 6) is -0.692. The molecule has 0 fully saturated rings. The van der Waals surface area contributed by atoms with Crippen molar-refractivity contribution in [1.82, 2.24) is 5.48 Å². The molecule has 2 N–H and O–H groups in total. The summed E-state index contributed by atoms with van der Waals surface area (Å²) >= 11 is 0. The molecular formula is C7H13NO3. The predicted molar refractivity (Wildman–Crippen MR) is 38.9 cm³/mol. The maximum atomic E-state index is 10.6. The van der Waals surface area contributed by atoms with E-state index in [-0.39, 0.29) is 18.3 Å². The molecule has 0 saturated heterocycles. The zero-order chi connectivity index (χ0) is 8.85. The van der Waals surface area contributed by atoms with Crippen LogP contribution in [-0.4, -0.2) is 17.4 Å². The first-order valence-electron chi connectivity index (χ1n) is 3.50. The van der Waals surface area contributed by atoms with Crippen LogP contribution < -0.4 is 5.48 Å². The zero-order valence-electron chi connectivity index (χ0n) is 6.70. The number of nitrogens with one attached hydrogen (secondary N) is 1. The summed E-state index contributed by atoms with van der Waals surface area (Å²) in [7, 11) is 0. The van der Waals surface area contributed by atoms with Crippen LogP contribution in [0.5, 0.6) is 0 Å². The predicted octanol–water partition coefficient (Wildman–Crippen LogP) is 0.353. The van der Waals surface area contributed by atoms with E-state index in [1.54, 1.807) is 0 Å². The Hall–Kier alpha value is -0.900. The van der Waals surface area contributed by atoms with Gasteiger partial charge in [0.2, 0.25) is 5.91 Å². The first kappa shape index (κ1) is 10.1. The zero-order valence-corrected chi connectivity index (χ0v) is 6.70. The first-order valence-corrected chi connectivity index (χ1v) is 3.50. The Kier molecular flexibility index (Phi) is 4.45. The third-order valence-electron chi connectivity index (χ3n) is 1.58. The second-order valence-corrected chi connectivity index (χ2v) is 2.78. The summed E-state index contributed by atoms with van der Waals surface area (Å²) in [6.45, 7) is 3.70.